The number of aliphatic carboxylic acids is 1. The first-order valence-corrected chi connectivity index (χ1v) is 8.37. The monoisotopic (exact) mass is 315 g/mol. The molecule has 0 radical (unpaired) electrons. The van der Waals surface area contributed by atoms with E-state index in [1.165, 1.54) is 12.1 Å². The lowest BCUT2D eigenvalue weighted by molar-refractivity contribution is -0.139. The summed E-state index contributed by atoms with van der Waals surface area (Å²) in [5.41, 5.74) is 0. The highest BCUT2D eigenvalue weighted by atomic mass is 32.2. The van der Waals surface area contributed by atoms with E-state index in [4.69, 9.17) is 9.84 Å². The van der Waals surface area contributed by atoms with Gasteiger partial charge in [0.2, 0.25) is 10.0 Å². The highest BCUT2D eigenvalue weighted by Gasteiger charge is 2.24. The van der Waals surface area contributed by atoms with Crippen LogP contribution in [0.3, 0.4) is 0 Å². The molecular weight excluding hydrogens is 294 g/mol. The van der Waals surface area contributed by atoms with E-state index in [1.54, 1.807) is 19.1 Å². The van der Waals surface area contributed by atoms with E-state index in [9.17, 15) is 13.2 Å². The van der Waals surface area contributed by atoms with Gasteiger partial charge < -0.3 is 9.84 Å². The second-order valence-corrected chi connectivity index (χ2v) is 6.33. The Hall–Kier alpha value is -1.60. The number of nitrogens with one attached hydrogen (secondary N) is 1. The molecule has 7 heteroatoms. The topological polar surface area (TPSA) is 92.7 Å². The van der Waals surface area contributed by atoms with Crippen LogP contribution in [0.15, 0.2) is 29.2 Å². The molecule has 0 amide bonds. The van der Waals surface area contributed by atoms with Gasteiger partial charge in [-0.2, -0.15) is 4.72 Å². The van der Waals surface area contributed by atoms with Gasteiger partial charge >= 0.3 is 5.97 Å². The van der Waals surface area contributed by atoms with Crippen LogP contribution in [0.5, 0.6) is 5.75 Å². The van der Waals surface area contributed by atoms with Gasteiger partial charge in [0.25, 0.3) is 0 Å². The molecule has 0 saturated heterocycles. The summed E-state index contributed by atoms with van der Waals surface area (Å²) in [5.74, 6) is -0.595. The summed E-state index contributed by atoms with van der Waals surface area (Å²) in [6.45, 7) is 4.33. The molecule has 0 fully saturated rings. The number of sulfonamides is 1. The fourth-order valence-corrected chi connectivity index (χ4v) is 2.94. The number of carbonyl (C=O) groups is 1. The first-order chi connectivity index (χ1) is 9.90. The summed E-state index contributed by atoms with van der Waals surface area (Å²) in [6, 6.07) is 4.80. The third-order valence-electron chi connectivity index (χ3n) is 2.78. The molecule has 0 saturated carbocycles. The van der Waals surface area contributed by atoms with Crippen LogP contribution in [-0.2, 0) is 14.8 Å². The molecule has 21 heavy (non-hydrogen) atoms. The van der Waals surface area contributed by atoms with Gasteiger partial charge in [0.15, 0.2) is 0 Å². The van der Waals surface area contributed by atoms with Crippen LogP contribution in [-0.4, -0.2) is 32.1 Å². The van der Waals surface area contributed by atoms with Crippen LogP contribution in [0, 0.1) is 0 Å². The zero-order chi connectivity index (χ0) is 15.9. The van der Waals surface area contributed by atoms with Crippen molar-refractivity contribution in [2.75, 3.05) is 6.61 Å². The molecule has 0 heterocycles. The molecule has 0 aliphatic heterocycles. The maximum atomic E-state index is 12.1. The molecule has 1 aromatic carbocycles. The van der Waals surface area contributed by atoms with Gasteiger partial charge in [-0.1, -0.05) is 20.3 Å². The largest absolute Gasteiger partial charge is 0.494 e. The molecule has 0 bridgehead atoms. The molecule has 1 atom stereocenters. The molecule has 0 aliphatic carbocycles. The third-order valence-corrected chi connectivity index (χ3v) is 4.27. The first kappa shape index (κ1) is 17.5. The Morgan fingerprint density at radius 1 is 1.24 bits per heavy atom. The molecule has 6 nitrogen and oxygen atoms in total. The number of hydrogen-bond acceptors (Lipinski definition) is 4. The van der Waals surface area contributed by atoms with Crippen molar-refractivity contribution in [3.05, 3.63) is 24.3 Å². The molecule has 118 valence electrons. The lowest BCUT2D eigenvalue weighted by atomic mass is 10.2. The summed E-state index contributed by atoms with van der Waals surface area (Å²) < 4.78 is 31.8. The van der Waals surface area contributed by atoms with Crippen molar-refractivity contribution >= 4 is 16.0 Å². The Kier molecular flexibility index (Phi) is 6.64. The Morgan fingerprint density at radius 3 is 2.33 bits per heavy atom. The lowest BCUT2D eigenvalue weighted by Crippen LogP contribution is -2.40. The van der Waals surface area contributed by atoms with E-state index in [2.05, 4.69) is 4.72 Å². The maximum absolute atomic E-state index is 12.1. The Morgan fingerprint density at radius 2 is 1.86 bits per heavy atom. The Bertz CT molecular complexity index is 553. The minimum Gasteiger partial charge on any atom is -0.494 e. The number of rotatable bonds is 9. The van der Waals surface area contributed by atoms with Crippen LogP contribution in [0.2, 0.25) is 0 Å². The second kappa shape index (κ2) is 7.99. The minimum absolute atomic E-state index is 0.0219. The van der Waals surface area contributed by atoms with Crippen molar-refractivity contribution < 1.29 is 23.1 Å². The summed E-state index contributed by atoms with van der Waals surface area (Å²) in [6.07, 6.45) is 1.68. The maximum Gasteiger partial charge on any atom is 0.321 e. The highest BCUT2D eigenvalue weighted by Crippen LogP contribution is 2.17. The number of benzene rings is 1. The van der Waals surface area contributed by atoms with E-state index in [1.807, 2.05) is 6.92 Å². The van der Waals surface area contributed by atoms with Crippen LogP contribution in [0.1, 0.15) is 33.1 Å². The quantitative estimate of drug-likeness (QED) is 0.727. The lowest BCUT2D eigenvalue weighted by Gasteiger charge is -2.14. The smallest absolute Gasteiger partial charge is 0.321 e. The van der Waals surface area contributed by atoms with Crippen molar-refractivity contribution in [1.29, 1.82) is 0 Å². The Balaban J connectivity index is 2.84. The van der Waals surface area contributed by atoms with Crippen LogP contribution in [0.25, 0.3) is 0 Å². The summed E-state index contributed by atoms with van der Waals surface area (Å²) in [7, 11) is -3.85. The first-order valence-electron chi connectivity index (χ1n) is 6.88. The normalized spacial score (nSPS) is 12.9. The molecule has 1 rings (SSSR count). The van der Waals surface area contributed by atoms with E-state index in [0.29, 0.717) is 18.8 Å². The van der Waals surface area contributed by atoms with Crippen molar-refractivity contribution in [3.8, 4) is 5.75 Å². The molecule has 0 aliphatic rings. The molecule has 2 N–H and O–H groups in total. The predicted molar refractivity (Wildman–Crippen MR) is 78.9 cm³/mol. The molecule has 1 aromatic rings. The fourth-order valence-electron chi connectivity index (χ4n) is 1.71. The third kappa shape index (κ3) is 5.35. The van der Waals surface area contributed by atoms with Gasteiger partial charge in [-0.05, 0) is 37.1 Å². The van der Waals surface area contributed by atoms with Gasteiger partial charge in [0, 0.05) is 0 Å². The average Bonchev–Trinajstić information content (AvgIpc) is 2.45. The standard InChI is InChI=1S/C14H21NO5S/c1-3-5-13(14(16)17)15-21(18,19)12-8-6-11(7-9-12)20-10-4-2/h6-9,13,15H,3-5,10H2,1-2H3,(H,16,17)/t13-/m0/s1. The molecule has 0 unspecified atom stereocenters. The van der Waals surface area contributed by atoms with E-state index >= 15 is 0 Å². The zero-order valence-corrected chi connectivity index (χ0v) is 13.0. The number of ether oxygens (including phenoxy) is 1. The SMILES string of the molecule is CCCOc1ccc(S(=O)(=O)N[C@@H](CCC)C(=O)O)cc1. The van der Waals surface area contributed by atoms with E-state index in [0.717, 1.165) is 6.42 Å². The van der Waals surface area contributed by atoms with Crippen molar-refractivity contribution in [2.45, 2.75) is 44.0 Å². The number of hydrogen-bond donors (Lipinski definition) is 2. The second-order valence-electron chi connectivity index (χ2n) is 4.62. The average molecular weight is 315 g/mol. The number of carboxylic acid groups (broad SMARTS) is 1. The Labute approximate surface area is 125 Å². The summed E-state index contributed by atoms with van der Waals surface area (Å²) >= 11 is 0. The van der Waals surface area contributed by atoms with Crippen molar-refractivity contribution in [3.63, 3.8) is 0 Å². The van der Waals surface area contributed by atoms with Gasteiger partial charge in [0.1, 0.15) is 11.8 Å². The van der Waals surface area contributed by atoms with Crippen LogP contribution in [0.4, 0.5) is 0 Å². The van der Waals surface area contributed by atoms with Gasteiger partial charge in [-0.15, -0.1) is 0 Å². The van der Waals surface area contributed by atoms with E-state index in [-0.39, 0.29) is 11.3 Å². The van der Waals surface area contributed by atoms with Gasteiger partial charge in [-0.3, -0.25) is 4.79 Å². The van der Waals surface area contributed by atoms with Crippen LogP contribution < -0.4 is 9.46 Å². The molecular formula is C14H21NO5S. The van der Waals surface area contributed by atoms with Crippen molar-refractivity contribution in [1.82, 2.24) is 4.72 Å². The zero-order valence-electron chi connectivity index (χ0n) is 12.2. The van der Waals surface area contributed by atoms with E-state index < -0.39 is 22.0 Å². The summed E-state index contributed by atoms with van der Waals surface area (Å²) in [5, 5.41) is 9.01. The van der Waals surface area contributed by atoms with Gasteiger partial charge in [0.05, 0.1) is 11.5 Å². The fraction of sp³-hybridized carbons (Fsp3) is 0.500. The van der Waals surface area contributed by atoms with Crippen molar-refractivity contribution in [2.24, 2.45) is 0 Å². The van der Waals surface area contributed by atoms with Crippen LogP contribution >= 0.6 is 0 Å². The molecule has 0 spiro atoms. The highest BCUT2D eigenvalue weighted by molar-refractivity contribution is 7.89. The molecule has 0 aromatic heterocycles. The predicted octanol–water partition coefficient (Wildman–Crippen LogP) is 2.01. The summed E-state index contributed by atoms with van der Waals surface area (Å²) in [4.78, 5) is 11.0. The minimum atomic E-state index is -3.85. The van der Waals surface area contributed by atoms with Gasteiger partial charge in [-0.25, -0.2) is 8.42 Å². The number of carboxylic acids is 1.